The molecule has 0 bridgehead atoms. The standard InChI is InChI=1S/C26H34N2O4S2/c1-29-21-11-17(25(33-5)13-23(21)31-3)15-27-19-9-7-8-10-20(19)28-16-18-12-22(30-2)24(32-4)14-26(18)34-6/h11-16,19-20H,7-10H2,1-6H3. The Labute approximate surface area is 211 Å². The zero-order valence-corrected chi connectivity index (χ0v) is 22.4. The van der Waals surface area contributed by atoms with Crippen molar-refractivity contribution in [3.8, 4) is 23.0 Å². The lowest BCUT2D eigenvalue weighted by molar-refractivity contribution is 0.354. The van der Waals surface area contributed by atoms with Crippen LogP contribution in [0.15, 0.2) is 44.0 Å². The van der Waals surface area contributed by atoms with E-state index in [4.69, 9.17) is 28.9 Å². The van der Waals surface area contributed by atoms with E-state index in [-0.39, 0.29) is 12.1 Å². The molecule has 1 saturated carbocycles. The molecule has 3 rings (SSSR count). The summed E-state index contributed by atoms with van der Waals surface area (Å²) < 4.78 is 21.9. The maximum absolute atomic E-state index is 5.49. The Kier molecular flexibility index (Phi) is 10.0. The number of ether oxygens (including phenoxy) is 4. The molecule has 0 N–H and O–H groups in total. The number of nitrogens with zero attached hydrogens (tertiary/aromatic N) is 2. The van der Waals surface area contributed by atoms with Gasteiger partial charge in [0.25, 0.3) is 0 Å². The van der Waals surface area contributed by atoms with E-state index in [0.29, 0.717) is 11.5 Å². The summed E-state index contributed by atoms with van der Waals surface area (Å²) in [5, 5.41) is 0. The molecule has 1 aliphatic carbocycles. The molecule has 0 spiro atoms. The normalized spacial score (nSPS) is 18.4. The summed E-state index contributed by atoms with van der Waals surface area (Å²) in [7, 11) is 6.61. The van der Waals surface area contributed by atoms with Gasteiger partial charge in [0, 0.05) is 33.3 Å². The Hall–Kier alpha value is -2.32. The first-order chi connectivity index (χ1) is 16.6. The Morgan fingerprint density at radius 1 is 0.647 bits per heavy atom. The van der Waals surface area contributed by atoms with Gasteiger partial charge in [0.05, 0.1) is 40.5 Å². The second kappa shape index (κ2) is 13.0. The molecule has 0 aliphatic heterocycles. The van der Waals surface area contributed by atoms with Crippen LogP contribution in [0.3, 0.4) is 0 Å². The van der Waals surface area contributed by atoms with Gasteiger partial charge in [-0.15, -0.1) is 23.5 Å². The van der Waals surface area contributed by atoms with E-state index in [0.717, 1.165) is 45.3 Å². The Morgan fingerprint density at radius 3 is 1.32 bits per heavy atom. The molecule has 2 unspecified atom stereocenters. The van der Waals surface area contributed by atoms with Crippen LogP contribution in [-0.2, 0) is 0 Å². The highest BCUT2D eigenvalue weighted by Gasteiger charge is 2.23. The summed E-state index contributed by atoms with van der Waals surface area (Å²) in [6.07, 6.45) is 12.4. The van der Waals surface area contributed by atoms with Crippen LogP contribution < -0.4 is 18.9 Å². The van der Waals surface area contributed by atoms with E-state index < -0.39 is 0 Å². The van der Waals surface area contributed by atoms with E-state index in [1.807, 2.05) is 36.7 Å². The number of aliphatic imine (C=N–C) groups is 2. The third-order valence-corrected chi connectivity index (χ3v) is 7.56. The SMILES string of the molecule is COc1cc(C=NC2CCCCC2N=Cc2cc(OC)c(OC)cc2SC)c(SC)cc1OC. The lowest BCUT2D eigenvalue weighted by Crippen LogP contribution is -2.27. The van der Waals surface area contributed by atoms with E-state index in [1.54, 1.807) is 52.0 Å². The van der Waals surface area contributed by atoms with E-state index in [9.17, 15) is 0 Å². The largest absolute Gasteiger partial charge is 0.493 e. The highest BCUT2D eigenvalue weighted by atomic mass is 32.2. The van der Waals surface area contributed by atoms with Gasteiger partial charge in [0.15, 0.2) is 23.0 Å². The molecule has 8 heteroatoms. The van der Waals surface area contributed by atoms with Gasteiger partial charge in [-0.3, -0.25) is 9.98 Å². The quantitative estimate of drug-likeness (QED) is 0.293. The van der Waals surface area contributed by atoms with Crippen molar-refractivity contribution in [2.75, 3.05) is 41.0 Å². The predicted octanol–water partition coefficient (Wildman–Crippen LogP) is 6.01. The number of benzene rings is 2. The second-order valence-electron chi connectivity index (χ2n) is 7.87. The van der Waals surface area contributed by atoms with Gasteiger partial charge in [0.1, 0.15) is 0 Å². The van der Waals surface area contributed by atoms with Gasteiger partial charge < -0.3 is 18.9 Å². The number of methoxy groups -OCH3 is 4. The van der Waals surface area contributed by atoms with E-state index >= 15 is 0 Å². The molecule has 2 aromatic carbocycles. The van der Waals surface area contributed by atoms with Crippen molar-refractivity contribution >= 4 is 36.0 Å². The highest BCUT2D eigenvalue weighted by Crippen LogP contribution is 2.35. The Balaban J connectivity index is 1.86. The van der Waals surface area contributed by atoms with E-state index in [1.165, 1.54) is 12.8 Å². The molecule has 34 heavy (non-hydrogen) atoms. The average Bonchev–Trinajstić information content (AvgIpc) is 2.89. The number of hydrogen-bond acceptors (Lipinski definition) is 8. The van der Waals surface area contributed by atoms with Crippen molar-refractivity contribution in [3.05, 3.63) is 35.4 Å². The van der Waals surface area contributed by atoms with E-state index in [2.05, 4.69) is 12.5 Å². The minimum Gasteiger partial charge on any atom is -0.493 e. The summed E-state index contributed by atoms with van der Waals surface area (Å²) >= 11 is 3.34. The molecular weight excluding hydrogens is 468 g/mol. The molecule has 0 heterocycles. The van der Waals surface area contributed by atoms with Gasteiger partial charge >= 0.3 is 0 Å². The lowest BCUT2D eigenvalue weighted by Gasteiger charge is -2.25. The van der Waals surface area contributed by atoms with Crippen LogP contribution in [0.2, 0.25) is 0 Å². The van der Waals surface area contributed by atoms with Crippen molar-refractivity contribution < 1.29 is 18.9 Å². The molecule has 2 aromatic rings. The summed E-state index contributed by atoms with van der Waals surface area (Å²) in [5.41, 5.74) is 2.06. The van der Waals surface area contributed by atoms with Gasteiger partial charge in [-0.25, -0.2) is 0 Å². The predicted molar refractivity (Wildman–Crippen MR) is 144 cm³/mol. The van der Waals surface area contributed by atoms with Crippen LogP contribution in [0.5, 0.6) is 23.0 Å². The van der Waals surface area contributed by atoms with Gasteiger partial charge in [-0.05, 0) is 49.6 Å². The zero-order valence-electron chi connectivity index (χ0n) is 20.8. The summed E-state index contributed by atoms with van der Waals surface area (Å²) in [6, 6.07) is 8.27. The third kappa shape index (κ3) is 6.21. The molecule has 6 nitrogen and oxygen atoms in total. The molecule has 1 aliphatic rings. The van der Waals surface area contributed by atoms with Crippen molar-refractivity contribution in [2.24, 2.45) is 9.98 Å². The van der Waals surface area contributed by atoms with Crippen molar-refractivity contribution in [1.82, 2.24) is 0 Å². The molecule has 2 atom stereocenters. The van der Waals surface area contributed by atoms with Crippen molar-refractivity contribution in [3.63, 3.8) is 0 Å². The average molecular weight is 503 g/mol. The minimum atomic E-state index is 0.144. The molecule has 0 aromatic heterocycles. The van der Waals surface area contributed by atoms with Crippen LogP contribution >= 0.6 is 23.5 Å². The molecule has 0 amide bonds. The Bertz CT molecular complexity index is 945. The first kappa shape index (κ1) is 26.3. The topological polar surface area (TPSA) is 61.6 Å². The smallest absolute Gasteiger partial charge is 0.161 e. The molecule has 184 valence electrons. The van der Waals surface area contributed by atoms with Crippen LogP contribution in [0, 0.1) is 0 Å². The fourth-order valence-corrected chi connectivity index (χ4v) is 5.24. The summed E-state index contributed by atoms with van der Waals surface area (Å²) in [4.78, 5) is 12.2. The molecule has 1 fully saturated rings. The van der Waals surface area contributed by atoms with Crippen LogP contribution in [0.1, 0.15) is 36.8 Å². The second-order valence-corrected chi connectivity index (χ2v) is 9.57. The maximum atomic E-state index is 5.49. The van der Waals surface area contributed by atoms with Crippen LogP contribution in [0.25, 0.3) is 0 Å². The maximum Gasteiger partial charge on any atom is 0.161 e. The fraction of sp³-hybridized carbons (Fsp3) is 0.462. The summed E-state index contributed by atoms with van der Waals surface area (Å²) in [5.74, 6) is 2.86. The fourth-order valence-electron chi connectivity index (χ4n) is 4.10. The van der Waals surface area contributed by atoms with Crippen molar-refractivity contribution in [2.45, 2.75) is 47.6 Å². The molecule has 0 radical (unpaired) electrons. The number of thioether (sulfide) groups is 2. The van der Waals surface area contributed by atoms with Gasteiger partial charge in [-0.1, -0.05) is 12.8 Å². The van der Waals surface area contributed by atoms with Gasteiger partial charge in [0.2, 0.25) is 0 Å². The summed E-state index contributed by atoms with van der Waals surface area (Å²) in [6.45, 7) is 0. The molecule has 0 saturated heterocycles. The first-order valence-corrected chi connectivity index (χ1v) is 13.7. The number of rotatable bonds is 10. The first-order valence-electron chi connectivity index (χ1n) is 11.2. The third-order valence-electron chi connectivity index (χ3n) is 5.98. The monoisotopic (exact) mass is 502 g/mol. The minimum absolute atomic E-state index is 0.144. The Morgan fingerprint density at radius 2 is 1.00 bits per heavy atom. The molecular formula is C26H34N2O4S2. The number of hydrogen-bond donors (Lipinski definition) is 0. The highest BCUT2D eigenvalue weighted by molar-refractivity contribution is 7.99. The zero-order chi connectivity index (χ0) is 24.5. The van der Waals surface area contributed by atoms with Crippen LogP contribution in [0.4, 0.5) is 0 Å². The van der Waals surface area contributed by atoms with Gasteiger partial charge in [-0.2, -0.15) is 0 Å². The lowest BCUT2D eigenvalue weighted by atomic mass is 9.91. The van der Waals surface area contributed by atoms with Crippen molar-refractivity contribution in [1.29, 1.82) is 0 Å². The van der Waals surface area contributed by atoms with Crippen LogP contribution in [-0.4, -0.2) is 65.5 Å².